The summed E-state index contributed by atoms with van der Waals surface area (Å²) in [5, 5.41) is 0. The summed E-state index contributed by atoms with van der Waals surface area (Å²) in [6, 6.07) is 0. The summed E-state index contributed by atoms with van der Waals surface area (Å²) in [5.74, 6) is 0.720. The molecule has 0 saturated heterocycles. The van der Waals surface area contributed by atoms with E-state index in [1.165, 1.54) is 14.0 Å². The van der Waals surface area contributed by atoms with E-state index < -0.39 is 5.41 Å². The van der Waals surface area contributed by atoms with Crippen LogP contribution in [0, 0.1) is 56.7 Å². The minimum Gasteiger partial charge on any atom is -0.468 e. The Hall–Kier alpha value is -1.91. The van der Waals surface area contributed by atoms with Gasteiger partial charge in [-0.15, -0.1) is 0 Å². The summed E-state index contributed by atoms with van der Waals surface area (Å²) in [6.45, 7) is 17.5. The Balaban J connectivity index is 1.64. The first kappa shape index (κ1) is 27.6. The zero-order chi connectivity index (χ0) is 28.1. The van der Waals surface area contributed by atoms with Crippen molar-refractivity contribution in [2.45, 2.75) is 100 Å². The second-order valence-corrected chi connectivity index (χ2v) is 14.8. The van der Waals surface area contributed by atoms with E-state index in [0.29, 0.717) is 5.92 Å². The quantitative estimate of drug-likeness (QED) is 0.297. The standard InChI is InChI=1S/C33H48O5/c1-19-10-15-33(28(36)37-9)17-16-31(7)22(26(33)20(19)2)18-23(35)27-30(6)13-12-25(38-21(3)34)29(4,5)24(30)11-14-32(27,31)8/h16-20,24-27H,10-15H2,1-9H3/t19-,20+,24?,25+,26?,27?,30+,31-,32-,33+/m1/s1. The molecule has 38 heavy (non-hydrogen) atoms. The lowest BCUT2D eigenvalue weighted by molar-refractivity contribution is -0.203. The van der Waals surface area contributed by atoms with Crippen molar-refractivity contribution in [1.29, 1.82) is 0 Å². The second kappa shape index (κ2) is 8.54. The van der Waals surface area contributed by atoms with Crippen molar-refractivity contribution in [1.82, 2.24) is 0 Å². The number of fused-ring (bicyclic) bond motifs is 7. The van der Waals surface area contributed by atoms with Crippen molar-refractivity contribution < 1.29 is 23.9 Å². The number of methoxy groups -OCH3 is 1. The third kappa shape index (κ3) is 3.32. The van der Waals surface area contributed by atoms with E-state index in [4.69, 9.17) is 9.47 Å². The van der Waals surface area contributed by atoms with Crippen molar-refractivity contribution in [3.05, 3.63) is 23.8 Å². The molecule has 210 valence electrons. The largest absolute Gasteiger partial charge is 0.468 e. The van der Waals surface area contributed by atoms with Crippen LogP contribution < -0.4 is 0 Å². The number of carbonyl (C=O) groups excluding carboxylic acids is 3. The van der Waals surface area contributed by atoms with Gasteiger partial charge in [0.15, 0.2) is 5.78 Å². The topological polar surface area (TPSA) is 69.7 Å². The average molecular weight is 525 g/mol. The first-order chi connectivity index (χ1) is 17.6. The van der Waals surface area contributed by atoms with Crippen molar-refractivity contribution >= 4 is 17.7 Å². The van der Waals surface area contributed by atoms with Crippen LogP contribution in [0.1, 0.15) is 93.9 Å². The maximum Gasteiger partial charge on any atom is 0.316 e. The summed E-state index contributed by atoms with van der Waals surface area (Å²) in [7, 11) is 1.49. The smallest absolute Gasteiger partial charge is 0.316 e. The van der Waals surface area contributed by atoms with Gasteiger partial charge in [-0.25, -0.2) is 0 Å². The fraction of sp³-hybridized carbons (Fsp3) is 0.788. The lowest BCUT2D eigenvalue weighted by atomic mass is 9.34. The highest BCUT2D eigenvalue weighted by atomic mass is 16.5. The van der Waals surface area contributed by atoms with E-state index in [1.807, 2.05) is 6.08 Å². The normalized spacial score (nSPS) is 49.0. The van der Waals surface area contributed by atoms with Crippen LogP contribution in [0.25, 0.3) is 0 Å². The SMILES string of the molecule is COC(=O)[C@@]12C=C[C@]3(C)C(=CC(=O)C4[C@@]5(C)CC[C@H](OC(C)=O)C(C)(C)C5CC[C@]43C)C1[C@@H](C)[C@H](C)CC2. The molecule has 10 atom stereocenters. The Morgan fingerprint density at radius 3 is 2.26 bits per heavy atom. The minimum atomic E-state index is -0.694. The predicted molar refractivity (Wildman–Crippen MR) is 147 cm³/mol. The first-order valence-electron chi connectivity index (χ1n) is 14.8. The number of rotatable bonds is 2. The fourth-order valence-electron chi connectivity index (χ4n) is 10.7. The Kier molecular flexibility index (Phi) is 6.22. The van der Waals surface area contributed by atoms with Gasteiger partial charge in [0.2, 0.25) is 0 Å². The highest BCUT2D eigenvalue weighted by molar-refractivity contribution is 5.96. The van der Waals surface area contributed by atoms with Crippen LogP contribution in [0.4, 0.5) is 0 Å². The van der Waals surface area contributed by atoms with Gasteiger partial charge in [-0.1, -0.05) is 66.2 Å². The molecule has 0 aromatic rings. The van der Waals surface area contributed by atoms with E-state index in [2.05, 4.69) is 60.6 Å². The summed E-state index contributed by atoms with van der Waals surface area (Å²) in [5.41, 5.74) is -0.511. The molecule has 0 aromatic heterocycles. The number of ketones is 1. The molecule has 0 bridgehead atoms. The van der Waals surface area contributed by atoms with E-state index in [1.54, 1.807) is 0 Å². The monoisotopic (exact) mass is 524 g/mol. The van der Waals surface area contributed by atoms with Crippen LogP contribution in [0.3, 0.4) is 0 Å². The molecule has 0 amide bonds. The molecule has 5 rings (SSSR count). The van der Waals surface area contributed by atoms with Crippen LogP contribution in [-0.2, 0) is 23.9 Å². The first-order valence-corrected chi connectivity index (χ1v) is 14.8. The Morgan fingerprint density at radius 1 is 0.947 bits per heavy atom. The molecule has 0 spiro atoms. The van der Waals surface area contributed by atoms with Crippen molar-refractivity contribution in [3.63, 3.8) is 0 Å². The molecule has 5 nitrogen and oxygen atoms in total. The van der Waals surface area contributed by atoms with Crippen molar-refractivity contribution in [2.75, 3.05) is 7.11 Å². The van der Waals surface area contributed by atoms with Crippen LogP contribution in [0.2, 0.25) is 0 Å². The highest BCUT2D eigenvalue weighted by Crippen LogP contribution is 2.74. The number of hydrogen-bond acceptors (Lipinski definition) is 5. The van der Waals surface area contributed by atoms with Crippen LogP contribution in [0.5, 0.6) is 0 Å². The third-order valence-electron chi connectivity index (χ3n) is 13.0. The van der Waals surface area contributed by atoms with E-state index in [-0.39, 0.29) is 69.2 Å². The fourth-order valence-corrected chi connectivity index (χ4v) is 10.7. The second-order valence-electron chi connectivity index (χ2n) is 14.8. The average Bonchev–Trinajstić information content (AvgIpc) is 2.83. The number of allylic oxidation sites excluding steroid dienone is 3. The van der Waals surface area contributed by atoms with Gasteiger partial charge in [0.1, 0.15) is 6.10 Å². The molecule has 0 radical (unpaired) electrons. The Morgan fingerprint density at radius 2 is 1.63 bits per heavy atom. The molecule has 5 aliphatic carbocycles. The van der Waals surface area contributed by atoms with Crippen molar-refractivity contribution in [3.8, 4) is 0 Å². The van der Waals surface area contributed by atoms with E-state index in [0.717, 1.165) is 44.1 Å². The maximum atomic E-state index is 14.5. The molecule has 3 saturated carbocycles. The lowest BCUT2D eigenvalue weighted by Gasteiger charge is -2.69. The Bertz CT molecular complexity index is 1120. The Labute approximate surface area is 229 Å². The molecule has 3 unspecified atom stereocenters. The number of hydrogen-bond donors (Lipinski definition) is 0. The van der Waals surface area contributed by atoms with Gasteiger partial charge in [0.25, 0.3) is 0 Å². The van der Waals surface area contributed by atoms with Gasteiger partial charge in [-0.05, 0) is 73.2 Å². The number of esters is 2. The zero-order valence-corrected chi connectivity index (χ0v) is 25.0. The summed E-state index contributed by atoms with van der Waals surface area (Å²) >= 11 is 0. The molecule has 0 heterocycles. The van der Waals surface area contributed by atoms with E-state index >= 15 is 0 Å². The summed E-state index contributed by atoms with van der Waals surface area (Å²) < 4.78 is 11.2. The molecule has 5 heteroatoms. The zero-order valence-electron chi connectivity index (χ0n) is 25.0. The predicted octanol–water partition coefficient (Wildman–Crippen LogP) is 6.70. The highest BCUT2D eigenvalue weighted by Gasteiger charge is 2.70. The summed E-state index contributed by atoms with van der Waals surface area (Å²) in [6.07, 6.45) is 11.7. The molecule has 5 aliphatic rings. The lowest BCUT2D eigenvalue weighted by Crippen LogP contribution is -2.66. The maximum absolute atomic E-state index is 14.5. The third-order valence-corrected chi connectivity index (χ3v) is 13.0. The van der Waals surface area contributed by atoms with Crippen LogP contribution in [-0.4, -0.2) is 30.9 Å². The number of ether oxygens (including phenoxy) is 2. The molecular weight excluding hydrogens is 476 g/mol. The van der Waals surface area contributed by atoms with Crippen molar-refractivity contribution in [2.24, 2.45) is 56.7 Å². The number of carbonyl (C=O) groups is 3. The molecule has 0 N–H and O–H groups in total. The van der Waals surface area contributed by atoms with Gasteiger partial charge in [-0.2, -0.15) is 0 Å². The molecular formula is C33H48O5. The van der Waals surface area contributed by atoms with E-state index in [9.17, 15) is 14.4 Å². The van der Waals surface area contributed by atoms with Crippen LogP contribution >= 0.6 is 0 Å². The van der Waals surface area contributed by atoms with Crippen LogP contribution in [0.15, 0.2) is 23.8 Å². The minimum absolute atomic E-state index is 0.0305. The van der Waals surface area contributed by atoms with Gasteiger partial charge < -0.3 is 9.47 Å². The summed E-state index contributed by atoms with van der Waals surface area (Å²) in [4.78, 5) is 39.8. The van der Waals surface area contributed by atoms with Gasteiger partial charge in [0, 0.05) is 29.6 Å². The van der Waals surface area contributed by atoms with Gasteiger partial charge in [0.05, 0.1) is 12.5 Å². The molecule has 0 aromatic carbocycles. The van der Waals surface area contributed by atoms with Gasteiger partial charge >= 0.3 is 11.9 Å². The molecule has 0 aliphatic heterocycles. The van der Waals surface area contributed by atoms with Gasteiger partial charge in [-0.3, -0.25) is 14.4 Å². The molecule has 3 fully saturated rings.